The van der Waals surface area contributed by atoms with Gasteiger partial charge in [-0.25, -0.2) is 6.57 Å². The number of ether oxygens (including phenoxy) is 2. The Bertz CT molecular complexity index is 967. The summed E-state index contributed by atoms with van der Waals surface area (Å²) >= 11 is 12.4. The number of nitrogens with zero attached hydrogens (tertiary/aromatic N) is 1. The maximum atomic E-state index is 7.19. The molecule has 0 radical (unpaired) electrons. The summed E-state index contributed by atoms with van der Waals surface area (Å²) in [5, 5.41) is 1.28. The van der Waals surface area contributed by atoms with E-state index in [2.05, 4.69) is 4.85 Å². The molecule has 0 saturated heterocycles. The van der Waals surface area contributed by atoms with Crippen LogP contribution in [0.4, 0.5) is 0 Å². The fraction of sp³-hybridized carbons (Fsp3) is 0.136. The van der Waals surface area contributed by atoms with Gasteiger partial charge < -0.3 is 14.3 Å². The third kappa shape index (κ3) is 4.95. The Hall–Kier alpha value is -2.67. The molecule has 0 spiro atoms. The Balaban J connectivity index is 1.83. The second-order valence-electron chi connectivity index (χ2n) is 5.82. The maximum absolute atomic E-state index is 7.19. The number of benzene rings is 3. The molecule has 0 N–H and O–H groups in total. The molecule has 3 nitrogen and oxygen atoms in total. The average Bonchev–Trinajstić information content (AvgIpc) is 2.68. The molecular formula is C22H17Cl2NO2. The van der Waals surface area contributed by atoms with Crippen molar-refractivity contribution in [3.8, 4) is 11.5 Å². The summed E-state index contributed by atoms with van der Waals surface area (Å²) in [7, 11) is 0. The highest BCUT2D eigenvalue weighted by Crippen LogP contribution is 2.34. The molecule has 3 rings (SSSR count). The first-order chi connectivity index (χ1) is 13.2. The molecule has 5 heteroatoms. The van der Waals surface area contributed by atoms with Gasteiger partial charge in [0.05, 0.1) is 5.56 Å². The van der Waals surface area contributed by atoms with Gasteiger partial charge in [0, 0.05) is 21.2 Å². The monoisotopic (exact) mass is 397 g/mol. The highest BCUT2D eigenvalue weighted by Gasteiger charge is 2.15. The van der Waals surface area contributed by atoms with Gasteiger partial charge in [-0.1, -0.05) is 65.7 Å². The molecule has 0 unspecified atom stereocenters. The zero-order valence-corrected chi connectivity index (χ0v) is 16.0. The van der Waals surface area contributed by atoms with Crippen molar-refractivity contribution in [2.24, 2.45) is 0 Å². The summed E-state index contributed by atoms with van der Waals surface area (Å²) in [5.74, 6) is 1.13. The van der Waals surface area contributed by atoms with Crippen molar-refractivity contribution in [1.82, 2.24) is 0 Å². The van der Waals surface area contributed by atoms with E-state index >= 15 is 0 Å². The zero-order chi connectivity index (χ0) is 19.1. The Morgan fingerprint density at radius 3 is 1.85 bits per heavy atom. The Kier molecular flexibility index (Phi) is 6.59. The molecule has 27 heavy (non-hydrogen) atoms. The summed E-state index contributed by atoms with van der Waals surface area (Å²) in [6.07, 6.45) is 0. The quantitative estimate of drug-likeness (QED) is 0.420. The van der Waals surface area contributed by atoms with E-state index in [1.54, 1.807) is 0 Å². The van der Waals surface area contributed by atoms with Gasteiger partial charge in [0.1, 0.15) is 13.2 Å². The van der Waals surface area contributed by atoms with Gasteiger partial charge in [0.25, 0.3) is 0 Å². The smallest absolute Gasteiger partial charge is 0.243 e. The van der Waals surface area contributed by atoms with Crippen LogP contribution in [0, 0.1) is 6.57 Å². The van der Waals surface area contributed by atoms with E-state index in [1.807, 2.05) is 66.7 Å². The van der Waals surface area contributed by atoms with Gasteiger partial charge >= 0.3 is 0 Å². The molecule has 0 aliphatic carbocycles. The molecular weight excluding hydrogens is 381 g/mol. The van der Waals surface area contributed by atoms with Gasteiger partial charge in [-0.2, -0.15) is 0 Å². The van der Waals surface area contributed by atoms with Crippen molar-refractivity contribution in [3.63, 3.8) is 0 Å². The van der Waals surface area contributed by atoms with Crippen molar-refractivity contribution in [2.75, 3.05) is 0 Å². The van der Waals surface area contributed by atoms with E-state index in [4.69, 9.17) is 39.2 Å². The Morgan fingerprint density at radius 2 is 1.26 bits per heavy atom. The minimum absolute atomic E-state index is 0.209. The molecule has 0 atom stereocenters. The summed E-state index contributed by atoms with van der Waals surface area (Å²) in [6.45, 7) is 8.00. The van der Waals surface area contributed by atoms with E-state index in [9.17, 15) is 0 Å². The van der Waals surface area contributed by atoms with Crippen LogP contribution in [0.3, 0.4) is 0 Å². The van der Waals surface area contributed by atoms with Gasteiger partial charge in [-0.15, -0.1) is 0 Å². The van der Waals surface area contributed by atoms with Crippen LogP contribution in [0.2, 0.25) is 10.0 Å². The molecule has 0 saturated carbocycles. The number of hydrogen-bond donors (Lipinski definition) is 0. The Labute approximate surface area is 168 Å². The Morgan fingerprint density at radius 1 is 0.704 bits per heavy atom. The van der Waals surface area contributed by atoms with Gasteiger partial charge in [0.2, 0.25) is 6.54 Å². The fourth-order valence-electron chi connectivity index (χ4n) is 2.58. The molecule has 0 aromatic heterocycles. The molecule has 0 aliphatic rings. The van der Waals surface area contributed by atoms with Crippen molar-refractivity contribution in [1.29, 1.82) is 0 Å². The second-order valence-corrected chi connectivity index (χ2v) is 6.64. The lowest BCUT2D eigenvalue weighted by molar-refractivity contribution is 0.254. The van der Waals surface area contributed by atoms with E-state index in [-0.39, 0.29) is 13.2 Å². The van der Waals surface area contributed by atoms with Crippen LogP contribution < -0.4 is 9.47 Å². The van der Waals surface area contributed by atoms with Crippen molar-refractivity contribution in [2.45, 2.75) is 19.8 Å². The molecule has 3 aromatic carbocycles. The van der Waals surface area contributed by atoms with Crippen LogP contribution in [0.5, 0.6) is 11.5 Å². The first-order valence-electron chi connectivity index (χ1n) is 8.36. The van der Waals surface area contributed by atoms with Gasteiger partial charge in [-0.3, -0.25) is 0 Å². The van der Waals surface area contributed by atoms with Crippen LogP contribution in [0.15, 0.2) is 66.7 Å². The van der Waals surface area contributed by atoms with E-state index < -0.39 is 0 Å². The minimum Gasteiger partial charge on any atom is -0.485 e. The highest BCUT2D eigenvalue weighted by atomic mass is 35.5. The highest BCUT2D eigenvalue weighted by molar-refractivity contribution is 6.31. The third-order valence-electron chi connectivity index (χ3n) is 3.98. The third-order valence-corrected chi connectivity index (χ3v) is 4.72. The molecule has 0 heterocycles. The lowest BCUT2D eigenvalue weighted by Gasteiger charge is -2.15. The SMILES string of the molecule is [C-]#[N+]Cc1cccc(OCc2ccccc2Cl)c1OCc1ccccc1Cl. The van der Waals surface area contributed by atoms with E-state index in [0.29, 0.717) is 28.2 Å². The predicted octanol–water partition coefficient (Wildman–Crippen LogP) is 6.57. The van der Waals surface area contributed by atoms with Crippen molar-refractivity contribution in [3.05, 3.63) is 105 Å². The molecule has 0 bridgehead atoms. The standard InChI is InChI=1S/C22H17Cl2NO2/c1-25-13-16-9-6-12-21(26-14-17-7-2-4-10-19(17)23)22(16)27-15-18-8-3-5-11-20(18)24/h2-12H,13-15H2. The summed E-state index contributed by atoms with van der Waals surface area (Å²) in [4.78, 5) is 3.48. The summed E-state index contributed by atoms with van der Waals surface area (Å²) < 4.78 is 12.0. The lowest BCUT2D eigenvalue weighted by Crippen LogP contribution is -2.03. The zero-order valence-electron chi connectivity index (χ0n) is 14.5. The molecule has 0 fully saturated rings. The number of para-hydroxylation sites is 1. The van der Waals surface area contributed by atoms with Crippen molar-refractivity contribution >= 4 is 23.2 Å². The van der Waals surface area contributed by atoms with Crippen LogP contribution >= 0.6 is 23.2 Å². The van der Waals surface area contributed by atoms with Crippen LogP contribution in [-0.2, 0) is 19.8 Å². The van der Waals surface area contributed by atoms with Crippen LogP contribution in [-0.4, -0.2) is 0 Å². The van der Waals surface area contributed by atoms with Crippen molar-refractivity contribution < 1.29 is 9.47 Å². The number of halogens is 2. The number of rotatable bonds is 7. The topological polar surface area (TPSA) is 22.8 Å². The summed E-state index contributed by atoms with van der Waals surface area (Å²) in [5.41, 5.74) is 2.52. The van der Waals surface area contributed by atoms with E-state index in [0.717, 1.165) is 16.7 Å². The average molecular weight is 398 g/mol. The molecule has 0 aliphatic heterocycles. The lowest BCUT2D eigenvalue weighted by atomic mass is 10.1. The fourth-order valence-corrected chi connectivity index (χ4v) is 2.97. The van der Waals surface area contributed by atoms with Gasteiger partial charge in [-0.05, 0) is 24.3 Å². The minimum atomic E-state index is 0.209. The number of hydrogen-bond acceptors (Lipinski definition) is 2. The molecule has 0 amide bonds. The normalized spacial score (nSPS) is 10.3. The second kappa shape index (κ2) is 9.32. The predicted molar refractivity (Wildman–Crippen MR) is 108 cm³/mol. The largest absolute Gasteiger partial charge is 0.485 e. The van der Waals surface area contributed by atoms with Crippen LogP contribution in [0.25, 0.3) is 4.85 Å². The first kappa shape index (κ1) is 19.1. The van der Waals surface area contributed by atoms with E-state index in [1.165, 1.54) is 0 Å². The summed E-state index contributed by atoms with van der Waals surface area (Å²) in [6, 6.07) is 20.6. The van der Waals surface area contributed by atoms with Gasteiger partial charge in [0.15, 0.2) is 11.5 Å². The van der Waals surface area contributed by atoms with Crippen LogP contribution in [0.1, 0.15) is 16.7 Å². The maximum Gasteiger partial charge on any atom is 0.243 e. The molecule has 136 valence electrons. The first-order valence-corrected chi connectivity index (χ1v) is 9.12. The molecule has 3 aromatic rings.